The fourth-order valence-corrected chi connectivity index (χ4v) is 3.03. The zero-order chi connectivity index (χ0) is 21.7. The highest BCUT2D eigenvalue weighted by atomic mass is 79.9. The van der Waals surface area contributed by atoms with Gasteiger partial charge in [0.15, 0.2) is 12.4 Å². The van der Waals surface area contributed by atoms with Crippen LogP contribution in [0.4, 0.5) is 5.69 Å². The van der Waals surface area contributed by atoms with Gasteiger partial charge < -0.3 is 14.6 Å². The Morgan fingerprint density at radius 2 is 2.07 bits per heavy atom. The zero-order valence-corrected chi connectivity index (χ0v) is 18.0. The van der Waals surface area contributed by atoms with E-state index in [4.69, 9.17) is 21.1 Å². The molecule has 0 bridgehead atoms. The molecule has 2 aromatic rings. The molecule has 2 aromatic carbocycles. The molecular weight excluding hydrogens is 470 g/mol. The van der Waals surface area contributed by atoms with Gasteiger partial charge in [-0.25, -0.2) is 5.43 Å². The number of hydrogen-bond acceptors (Lipinski definition) is 7. The van der Waals surface area contributed by atoms with E-state index in [-0.39, 0.29) is 17.9 Å². The average Bonchev–Trinajstić information content (AvgIpc) is 2.68. The molecule has 2 rings (SSSR count). The number of halogens is 2. The number of aryl methyl sites for hydroxylation is 1. The number of nitro benzene ring substituents is 1. The van der Waals surface area contributed by atoms with Crippen molar-refractivity contribution in [2.45, 2.75) is 13.8 Å². The van der Waals surface area contributed by atoms with E-state index in [1.807, 2.05) is 13.8 Å². The second-order valence-corrected chi connectivity index (χ2v) is 7.05. The van der Waals surface area contributed by atoms with Crippen LogP contribution in [-0.2, 0) is 4.79 Å². The number of rotatable bonds is 7. The number of hydrazone groups is 1. The van der Waals surface area contributed by atoms with Gasteiger partial charge in [-0.3, -0.25) is 14.9 Å². The van der Waals surface area contributed by atoms with Gasteiger partial charge in [-0.2, -0.15) is 5.10 Å². The number of nitro groups is 1. The summed E-state index contributed by atoms with van der Waals surface area (Å²) in [5, 5.41) is 25.1. The summed E-state index contributed by atoms with van der Waals surface area (Å²) >= 11 is 9.53. The Hall–Kier alpha value is -2.85. The number of nitrogens with one attached hydrogen (secondary N) is 1. The number of nitrogens with zero attached hydrogens (tertiary/aromatic N) is 2. The molecule has 0 aliphatic rings. The summed E-state index contributed by atoms with van der Waals surface area (Å²) in [4.78, 5) is 22.2. The molecule has 2 N–H and O–H groups in total. The number of amides is 1. The minimum absolute atomic E-state index is 0.0892. The molecule has 9 nitrogen and oxygen atoms in total. The van der Waals surface area contributed by atoms with E-state index in [1.165, 1.54) is 19.4 Å². The van der Waals surface area contributed by atoms with Crippen molar-refractivity contribution in [1.29, 1.82) is 0 Å². The van der Waals surface area contributed by atoms with Crippen molar-refractivity contribution in [3.8, 4) is 17.2 Å². The number of aromatic hydroxyl groups is 1. The Morgan fingerprint density at radius 3 is 2.69 bits per heavy atom. The molecule has 0 saturated heterocycles. The van der Waals surface area contributed by atoms with Gasteiger partial charge >= 0.3 is 5.69 Å². The fraction of sp³-hybridized carbons (Fsp3) is 0.222. The van der Waals surface area contributed by atoms with Gasteiger partial charge in [0.1, 0.15) is 5.75 Å². The van der Waals surface area contributed by atoms with Gasteiger partial charge in [-0.15, -0.1) is 0 Å². The maximum atomic E-state index is 11.9. The van der Waals surface area contributed by atoms with Crippen LogP contribution in [0.1, 0.15) is 16.7 Å². The molecule has 11 heteroatoms. The number of carbonyl (C=O) groups is 1. The molecule has 0 aliphatic heterocycles. The Kier molecular flexibility index (Phi) is 7.40. The summed E-state index contributed by atoms with van der Waals surface area (Å²) < 4.78 is 11.0. The van der Waals surface area contributed by atoms with Crippen LogP contribution in [0.25, 0.3) is 0 Å². The Morgan fingerprint density at radius 1 is 1.38 bits per heavy atom. The van der Waals surface area contributed by atoms with Gasteiger partial charge in [0.05, 0.1) is 22.7 Å². The first-order valence-electron chi connectivity index (χ1n) is 8.11. The Labute approximate surface area is 179 Å². The van der Waals surface area contributed by atoms with Crippen LogP contribution in [0, 0.1) is 24.0 Å². The van der Waals surface area contributed by atoms with E-state index >= 15 is 0 Å². The maximum Gasteiger partial charge on any atom is 0.315 e. The van der Waals surface area contributed by atoms with Crippen LogP contribution in [0.5, 0.6) is 17.2 Å². The van der Waals surface area contributed by atoms with Crippen molar-refractivity contribution in [1.82, 2.24) is 5.43 Å². The third-order valence-corrected chi connectivity index (χ3v) is 5.39. The number of methoxy groups -OCH3 is 1. The van der Waals surface area contributed by atoms with Crippen molar-refractivity contribution in [2.75, 3.05) is 13.7 Å². The molecule has 0 aromatic heterocycles. The SMILES string of the molecule is COc1cc(/C=N/NC(=O)COc2cc(C)c(Cl)c(C)c2Br)cc([N+](=O)[O-])c1O. The normalized spacial score (nSPS) is 10.8. The standard InChI is InChI=1S/C18H17BrClN3O6/c1-9-4-13(16(19)10(2)17(9)20)29-8-15(24)22-21-7-11-5-12(23(26)27)18(25)14(6-11)28-3/h4-7,25H,8H2,1-3H3,(H,22,24)/b21-7+. The summed E-state index contributed by atoms with van der Waals surface area (Å²) in [6.45, 7) is 3.33. The number of phenolic OH excluding ortho intramolecular Hbond substituents is 1. The maximum absolute atomic E-state index is 11.9. The van der Waals surface area contributed by atoms with Crippen LogP contribution in [0.2, 0.25) is 5.02 Å². The summed E-state index contributed by atoms with van der Waals surface area (Å²) in [6, 6.07) is 4.14. The van der Waals surface area contributed by atoms with E-state index in [0.29, 0.717) is 15.2 Å². The van der Waals surface area contributed by atoms with Crippen molar-refractivity contribution in [2.24, 2.45) is 5.10 Å². The summed E-state index contributed by atoms with van der Waals surface area (Å²) in [5.74, 6) is -0.763. The van der Waals surface area contributed by atoms with Crippen LogP contribution in [0.3, 0.4) is 0 Å². The lowest BCUT2D eigenvalue weighted by Gasteiger charge is -2.12. The van der Waals surface area contributed by atoms with Crippen LogP contribution in [-0.4, -0.2) is 35.9 Å². The Balaban J connectivity index is 2.04. The minimum Gasteiger partial charge on any atom is -0.500 e. The summed E-state index contributed by atoms with van der Waals surface area (Å²) in [5.41, 5.74) is 3.56. The molecule has 0 aliphatic carbocycles. The number of carbonyl (C=O) groups excluding carboxylic acids is 1. The molecule has 0 heterocycles. The largest absolute Gasteiger partial charge is 0.500 e. The van der Waals surface area contributed by atoms with Gasteiger partial charge in [0, 0.05) is 16.7 Å². The van der Waals surface area contributed by atoms with Gasteiger partial charge in [-0.05, 0) is 53.0 Å². The highest BCUT2D eigenvalue weighted by molar-refractivity contribution is 9.10. The highest BCUT2D eigenvalue weighted by Crippen LogP contribution is 2.37. The minimum atomic E-state index is -0.754. The third-order valence-electron chi connectivity index (χ3n) is 3.82. The van der Waals surface area contributed by atoms with Crippen molar-refractivity contribution in [3.63, 3.8) is 0 Å². The van der Waals surface area contributed by atoms with Crippen molar-refractivity contribution in [3.05, 3.63) is 54.5 Å². The first-order chi connectivity index (χ1) is 13.6. The second-order valence-electron chi connectivity index (χ2n) is 5.87. The number of benzene rings is 2. The van der Waals surface area contributed by atoms with Crippen LogP contribution >= 0.6 is 27.5 Å². The summed E-state index contributed by atoms with van der Waals surface area (Å²) in [7, 11) is 1.26. The van der Waals surface area contributed by atoms with Gasteiger partial charge in [0.25, 0.3) is 5.91 Å². The topological polar surface area (TPSA) is 123 Å². The number of hydrogen-bond donors (Lipinski definition) is 2. The predicted octanol–water partition coefficient (Wildman–Crippen LogP) is 3.87. The molecule has 0 unspecified atom stereocenters. The number of ether oxygens (including phenoxy) is 2. The highest BCUT2D eigenvalue weighted by Gasteiger charge is 2.19. The monoisotopic (exact) mass is 485 g/mol. The Bertz CT molecular complexity index is 996. The van der Waals surface area contributed by atoms with E-state index < -0.39 is 22.3 Å². The predicted molar refractivity (Wildman–Crippen MR) is 111 cm³/mol. The van der Waals surface area contributed by atoms with Crippen LogP contribution in [0.15, 0.2) is 27.8 Å². The lowest BCUT2D eigenvalue weighted by molar-refractivity contribution is -0.386. The molecule has 29 heavy (non-hydrogen) atoms. The molecule has 1 amide bonds. The first-order valence-corrected chi connectivity index (χ1v) is 9.28. The van der Waals surface area contributed by atoms with Crippen LogP contribution < -0.4 is 14.9 Å². The molecule has 0 radical (unpaired) electrons. The lowest BCUT2D eigenvalue weighted by Crippen LogP contribution is -2.24. The zero-order valence-electron chi connectivity index (χ0n) is 15.7. The first kappa shape index (κ1) is 22.4. The van der Waals surface area contributed by atoms with Crippen molar-refractivity contribution < 1.29 is 24.3 Å². The molecule has 0 spiro atoms. The second kappa shape index (κ2) is 9.57. The van der Waals surface area contributed by atoms with Gasteiger partial charge in [0.2, 0.25) is 5.75 Å². The van der Waals surface area contributed by atoms with E-state index in [1.54, 1.807) is 6.07 Å². The third kappa shape index (κ3) is 5.36. The average molecular weight is 487 g/mol. The molecule has 0 fully saturated rings. The number of phenols is 1. The fourth-order valence-electron chi connectivity index (χ4n) is 2.34. The lowest BCUT2D eigenvalue weighted by atomic mass is 10.1. The smallest absolute Gasteiger partial charge is 0.315 e. The van der Waals surface area contributed by atoms with E-state index in [0.717, 1.165) is 17.2 Å². The molecule has 154 valence electrons. The quantitative estimate of drug-likeness (QED) is 0.348. The van der Waals surface area contributed by atoms with Gasteiger partial charge in [-0.1, -0.05) is 11.6 Å². The molecular formula is C18H17BrClN3O6. The van der Waals surface area contributed by atoms with Crippen molar-refractivity contribution >= 4 is 45.3 Å². The molecule has 0 atom stereocenters. The summed E-state index contributed by atoms with van der Waals surface area (Å²) in [6.07, 6.45) is 1.18. The van der Waals surface area contributed by atoms with E-state index in [9.17, 15) is 20.0 Å². The van der Waals surface area contributed by atoms with E-state index in [2.05, 4.69) is 26.5 Å². The molecule has 0 saturated carbocycles.